The number of benzene rings is 1. The van der Waals surface area contributed by atoms with Gasteiger partial charge in [0, 0.05) is 42.1 Å². The lowest BCUT2D eigenvalue weighted by atomic mass is 10.1. The zero-order valence-corrected chi connectivity index (χ0v) is 18.6. The van der Waals surface area contributed by atoms with E-state index >= 15 is 0 Å². The highest BCUT2D eigenvalue weighted by Gasteiger charge is 2.22. The molecule has 0 spiro atoms. The van der Waals surface area contributed by atoms with Crippen LogP contribution in [-0.2, 0) is 11.3 Å². The van der Waals surface area contributed by atoms with Crippen molar-refractivity contribution in [1.82, 2.24) is 20.2 Å². The highest BCUT2D eigenvalue weighted by atomic mass is 16.6. The van der Waals surface area contributed by atoms with E-state index in [1.54, 1.807) is 17.3 Å². The second-order valence-corrected chi connectivity index (χ2v) is 8.54. The van der Waals surface area contributed by atoms with E-state index in [1.807, 2.05) is 64.1 Å². The van der Waals surface area contributed by atoms with Gasteiger partial charge in [0.05, 0.1) is 12.1 Å². The first-order valence-corrected chi connectivity index (χ1v) is 10.5. The lowest BCUT2D eigenvalue weighted by molar-refractivity contribution is 0.0232. The summed E-state index contributed by atoms with van der Waals surface area (Å²) >= 11 is 0. The molecule has 0 aliphatic rings. The first-order chi connectivity index (χ1) is 14.7. The van der Waals surface area contributed by atoms with Crippen molar-refractivity contribution in [2.24, 2.45) is 0 Å². The van der Waals surface area contributed by atoms with Gasteiger partial charge >= 0.3 is 6.09 Å². The highest BCUT2D eigenvalue weighted by molar-refractivity contribution is 6.08. The molecule has 2 amide bonds. The number of hydrogen-bond acceptors (Lipinski definition) is 4. The average molecular weight is 423 g/mol. The summed E-state index contributed by atoms with van der Waals surface area (Å²) in [5.41, 5.74) is 2.79. The number of H-pyrrole nitrogens is 1. The molecule has 0 aliphatic carbocycles. The van der Waals surface area contributed by atoms with Crippen molar-refractivity contribution >= 4 is 22.9 Å². The summed E-state index contributed by atoms with van der Waals surface area (Å²) < 4.78 is 5.55. The zero-order chi connectivity index (χ0) is 22.4. The number of pyridine rings is 1. The van der Waals surface area contributed by atoms with Crippen molar-refractivity contribution < 1.29 is 14.3 Å². The van der Waals surface area contributed by atoms with Gasteiger partial charge in [-0.15, -0.1) is 0 Å². The van der Waals surface area contributed by atoms with Gasteiger partial charge in [0.1, 0.15) is 5.60 Å². The van der Waals surface area contributed by atoms with E-state index in [2.05, 4.69) is 15.3 Å². The molecule has 3 rings (SSSR count). The Morgan fingerprint density at radius 1 is 1.16 bits per heavy atom. The third-order valence-corrected chi connectivity index (χ3v) is 4.76. The molecule has 7 nitrogen and oxygen atoms in total. The Bertz CT molecular complexity index is 1040. The van der Waals surface area contributed by atoms with Gasteiger partial charge in [0.25, 0.3) is 5.91 Å². The van der Waals surface area contributed by atoms with Gasteiger partial charge in [-0.05, 0) is 51.8 Å². The van der Waals surface area contributed by atoms with Crippen LogP contribution in [0.25, 0.3) is 10.9 Å². The van der Waals surface area contributed by atoms with Crippen LogP contribution in [0.15, 0.2) is 48.8 Å². The van der Waals surface area contributed by atoms with Crippen LogP contribution >= 0.6 is 0 Å². The van der Waals surface area contributed by atoms with Gasteiger partial charge in [0.2, 0.25) is 0 Å². The fraction of sp³-hybridized carbons (Fsp3) is 0.375. The lowest BCUT2D eigenvalue weighted by Crippen LogP contribution is -2.38. The smallest absolute Gasteiger partial charge is 0.410 e. The number of hydrogen-bond donors (Lipinski definition) is 2. The third-order valence-electron chi connectivity index (χ3n) is 4.76. The van der Waals surface area contributed by atoms with Crippen LogP contribution in [0.4, 0.5) is 4.79 Å². The fourth-order valence-electron chi connectivity index (χ4n) is 3.40. The van der Waals surface area contributed by atoms with Gasteiger partial charge in [0.15, 0.2) is 0 Å². The molecule has 2 aromatic heterocycles. The minimum atomic E-state index is -0.578. The van der Waals surface area contributed by atoms with Crippen molar-refractivity contribution in [3.8, 4) is 0 Å². The Hall–Kier alpha value is -3.35. The van der Waals surface area contributed by atoms with Gasteiger partial charge in [-0.25, -0.2) is 4.79 Å². The number of amides is 2. The summed E-state index contributed by atoms with van der Waals surface area (Å²) in [4.78, 5) is 34.4. The number of para-hydroxylation sites is 1. The predicted molar refractivity (Wildman–Crippen MR) is 121 cm³/mol. The zero-order valence-electron chi connectivity index (χ0n) is 18.6. The van der Waals surface area contributed by atoms with Crippen molar-refractivity contribution in [2.75, 3.05) is 13.1 Å². The average Bonchev–Trinajstić information content (AvgIpc) is 3.05. The van der Waals surface area contributed by atoms with E-state index in [1.165, 1.54) is 0 Å². The van der Waals surface area contributed by atoms with Crippen LogP contribution in [0.2, 0.25) is 0 Å². The van der Waals surface area contributed by atoms with Crippen LogP contribution in [-0.4, -0.2) is 45.6 Å². The standard InChI is InChI=1S/C24H30N4O3/c1-17-21(19-10-5-6-11-20(19)27-17)22(29)26-13-8-14-28(23(30)31-24(2,3)4)16-18-9-7-12-25-15-18/h5-7,9-12,15,27H,8,13-14,16H2,1-4H3,(H,26,29). The van der Waals surface area contributed by atoms with Crippen LogP contribution in [0, 0.1) is 6.92 Å². The van der Waals surface area contributed by atoms with E-state index in [4.69, 9.17) is 4.74 Å². The Balaban J connectivity index is 1.60. The van der Waals surface area contributed by atoms with E-state index in [0.29, 0.717) is 31.6 Å². The predicted octanol–water partition coefficient (Wildman–Crippen LogP) is 4.43. The van der Waals surface area contributed by atoms with Gasteiger partial charge in [-0.3, -0.25) is 9.78 Å². The second kappa shape index (κ2) is 9.64. The molecule has 0 fully saturated rings. The minimum absolute atomic E-state index is 0.119. The second-order valence-electron chi connectivity index (χ2n) is 8.54. The molecule has 31 heavy (non-hydrogen) atoms. The SMILES string of the molecule is Cc1[nH]c2ccccc2c1C(=O)NCCCN(Cc1cccnc1)C(=O)OC(C)(C)C. The minimum Gasteiger partial charge on any atom is -0.444 e. The first kappa shape index (κ1) is 22.3. The Labute approximate surface area is 182 Å². The summed E-state index contributed by atoms with van der Waals surface area (Å²) in [6, 6.07) is 11.5. The lowest BCUT2D eigenvalue weighted by Gasteiger charge is -2.27. The molecule has 0 saturated heterocycles. The van der Waals surface area contributed by atoms with Crippen molar-refractivity contribution in [2.45, 2.75) is 46.3 Å². The first-order valence-electron chi connectivity index (χ1n) is 10.5. The van der Waals surface area contributed by atoms with Crippen molar-refractivity contribution in [3.63, 3.8) is 0 Å². The number of nitrogens with zero attached hydrogens (tertiary/aromatic N) is 2. The number of rotatable bonds is 7. The van der Waals surface area contributed by atoms with Crippen LogP contribution in [0.5, 0.6) is 0 Å². The molecular formula is C24H30N4O3. The topological polar surface area (TPSA) is 87.3 Å². The highest BCUT2D eigenvalue weighted by Crippen LogP contribution is 2.21. The summed E-state index contributed by atoms with van der Waals surface area (Å²) in [6.45, 7) is 8.73. The molecule has 0 aliphatic heterocycles. The monoisotopic (exact) mass is 422 g/mol. The molecule has 2 heterocycles. The quantitative estimate of drug-likeness (QED) is 0.552. The van der Waals surface area contributed by atoms with E-state index in [0.717, 1.165) is 22.2 Å². The van der Waals surface area contributed by atoms with E-state index in [-0.39, 0.29) is 12.0 Å². The number of carbonyl (C=O) groups excluding carboxylic acids is 2. The van der Waals surface area contributed by atoms with Crippen molar-refractivity contribution in [3.05, 3.63) is 65.6 Å². The maximum atomic E-state index is 12.8. The number of carbonyl (C=O) groups is 2. The van der Waals surface area contributed by atoms with Crippen LogP contribution in [0.3, 0.4) is 0 Å². The van der Waals surface area contributed by atoms with Gasteiger partial charge < -0.3 is 19.9 Å². The normalized spacial score (nSPS) is 11.4. The summed E-state index contributed by atoms with van der Waals surface area (Å²) in [5, 5.41) is 3.88. The number of aromatic amines is 1. The number of nitrogens with one attached hydrogen (secondary N) is 2. The van der Waals surface area contributed by atoms with Gasteiger partial charge in [-0.1, -0.05) is 24.3 Å². The molecule has 3 aromatic rings. The molecule has 0 bridgehead atoms. The van der Waals surface area contributed by atoms with E-state index in [9.17, 15) is 9.59 Å². The molecular weight excluding hydrogens is 392 g/mol. The number of aryl methyl sites for hydroxylation is 1. The largest absolute Gasteiger partial charge is 0.444 e. The molecule has 164 valence electrons. The maximum Gasteiger partial charge on any atom is 0.410 e. The van der Waals surface area contributed by atoms with Crippen LogP contribution in [0.1, 0.15) is 48.8 Å². The molecule has 1 aromatic carbocycles. The number of ether oxygens (including phenoxy) is 1. The molecule has 2 N–H and O–H groups in total. The number of fused-ring (bicyclic) bond motifs is 1. The Morgan fingerprint density at radius 2 is 1.94 bits per heavy atom. The molecule has 7 heteroatoms. The molecule has 0 radical (unpaired) electrons. The van der Waals surface area contributed by atoms with Crippen molar-refractivity contribution in [1.29, 1.82) is 0 Å². The summed E-state index contributed by atoms with van der Waals surface area (Å²) in [7, 11) is 0. The molecule has 0 atom stereocenters. The third kappa shape index (κ3) is 6.07. The van der Waals surface area contributed by atoms with E-state index < -0.39 is 5.60 Å². The maximum absolute atomic E-state index is 12.8. The summed E-state index contributed by atoms with van der Waals surface area (Å²) in [6.07, 6.45) is 3.66. The summed E-state index contributed by atoms with van der Waals surface area (Å²) in [5.74, 6) is -0.119. The van der Waals surface area contributed by atoms with Gasteiger partial charge in [-0.2, -0.15) is 0 Å². The molecule has 0 unspecified atom stereocenters. The molecule has 0 saturated carbocycles. The van der Waals surface area contributed by atoms with Crippen LogP contribution < -0.4 is 5.32 Å². The Morgan fingerprint density at radius 3 is 2.65 bits per heavy atom. The fourth-order valence-corrected chi connectivity index (χ4v) is 3.40. The Kier molecular flexibility index (Phi) is 6.95. The number of aromatic nitrogens is 2.